The highest BCUT2D eigenvalue weighted by Gasteiger charge is 2.20. The molecule has 0 aliphatic carbocycles. The van der Waals surface area contributed by atoms with Crippen molar-refractivity contribution in [2.75, 3.05) is 7.11 Å². The average molecular weight is 293 g/mol. The molecular formula is C20H23NO. The number of hydrogen-bond donors (Lipinski definition) is 0. The van der Waals surface area contributed by atoms with Gasteiger partial charge in [-0.25, -0.2) is 0 Å². The van der Waals surface area contributed by atoms with Crippen LogP contribution in [0, 0.1) is 6.92 Å². The van der Waals surface area contributed by atoms with Gasteiger partial charge in [-0.2, -0.15) is 0 Å². The normalized spacial score (nSPS) is 12.7. The Labute approximate surface area is 132 Å². The Kier molecular flexibility index (Phi) is 4.30. The SMILES string of the molecule is CCCc1cc2ccccc2n1C(OC)c1ccccc1C. The highest BCUT2D eigenvalue weighted by molar-refractivity contribution is 5.81. The molecule has 114 valence electrons. The fourth-order valence-electron chi connectivity index (χ4n) is 3.19. The number of aromatic nitrogens is 1. The van der Waals surface area contributed by atoms with Crippen molar-refractivity contribution < 1.29 is 4.74 Å². The Hall–Kier alpha value is -2.06. The van der Waals surface area contributed by atoms with Gasteiger partial charge in [0, 0.05) is 18.4 Å². The molecule has 2 nitrogen and oxygen atoms in total. The smallest absolute Gasteiger partial charge is 0.160 e. The second-order valence-electron chi connectivity index (χ2n) is 5.76. The van der Waals surface area contributed by atoms with Crippen LogP contribution in [-0.2, 0) is 11.2 Å². The number of nitrogens with zero attached hydrogens (tertiary/aromatic N) is 1. The van der Waals surface area contributed by atoms with E-state index in [-0.39, 0.29) is 6.23 Å². The predicted molar refractivity (Wildman–Crippen MR) is 92.3 cm³/mol. The van der Waals surface area contributed by atoms with Crippen LogP contribution >= 0.6 is 0 Å². The van der Waals surface area contributed by atoms with E-state index >= 15 is 0 Å². The first kappa shape index (κ1) is 14.9. The van der Waals surface area contributed by atoms with Gasteiger partial charge in [0.1, 0.15) is 0 Å². The molecule has 0 bridgehead atoms. The zero-order valence-electron chi connectivity index (χ0n) is 13.5. The van der Waals surface area contributed by atoms with Gasteiger partial charge in [-0.1, -0.05) is 55.8 Å². The quantitative estimate of drug-likeness (QED) is 0.638. The molecule has 2 heteroatoms. The van der Waals surface area contributed by atoms with Crippen molar-refractivity contribution >= 4 is 10.9 Å². The molecule has 0 saturated carbocycles. The van der Waals surface area contributed by atoms with Crippen molar-refractivity contribution in [1.82, 2.24) is 4.57 Å². The fraction of sp³-hybridized carbons (Fsp3) is 0.300. The lowest BCUT2D eigenvalue weighted by Gasteiger charge is -2.23. The van der Waals surface area contributed by atoms with E-state index < -0.39 is 0 Å². The minimum atomic E-state index is -0.0809. The summed E-state index contributed by atoms with van der Waals surface area (Å²) in [6, 6.07) is 19.3. The lowest BCUT2D eigenvalue weighted by Crippen LogP contribution is -2.16. The summed E-state index contributed by atoms with van der Waals surface area (Å²) in [7, 11) is 1.79. The van der Waals surface area contributed by atoms with Crippen LogP contribution < -0.4 is 0 Å². The van der Waals surface area contributed by atoms with Gasteiger partial charge in [0.2, 0.25) is 0 Å². The summed E-state index contributed by atoms with van der Waals surface area (Å²) in [5, 5.41) is 1.28. The highest BCUT2D eigenvalue weighted by atomic mass is 16.5. The molecular weight excluding hydrogens is 270 g/mol. The molecule has 0 radical (unpaired) electrons. The first-order chi connectivity index (χ1) is 10.8. The van der Waals surface area contributed by atoms with Gasteiger partial charge in [0.25, 0.3) is 0 Å². The lowest BCUT2D eigenvalue weighted by atomic mass is 10.1. The molecule has 3 aromatic rings. The summed E-state index contributed by atoms with van der Waals surface area (Å²) >= 11 is 0. The van der Waals surface area contributed by atoms with Crippen LogP contribution in [0.5, 0.6) is 0 Å². The molecule has 0 spiro atoms. The van der Waals surface area contributed by atoms with E-state index in [1.807, 2.05) is 0 Å². The third-order valence-corrected chi connectivity index (χ3v) is 4.25. The van der Waals surface area contributed by atoms with E-state index in [4.69, 9.17) is 4.74 Å². The third-order valence-electron chi connectivity index (χ3n) is 4.25. The molecule has 22 heavy (non-hydrogen) atoms. The van der Waals surface area contributed by atoms with Crippen LogP contribution in [0.2, 0.25) is 0 Å². The molecule has 0 amide bonds. The standard InChI is InChI=1S/C20H23NO/c1-4-9-17-14-16-11-6-8-13-19(16)21(17)20(22-3)18-12-7-5-10-15(18)2/h5-8,10-14,20H,4,9H2,1-3H3. The summed E-state index contributed by atoms with van der Waals surface area (Å²) in [6.45, 7) is 4.37. The molecule has 0 aliphatic heterocycles. The van der Waals surface area contributed by atoms with Gasteiger partial charge in [-0.05, 0) is 36.4 Å². The van der Waals surface area contributed by atoms with Gasteiger partial charge in [-0.15, -0.1) is 0 Å². The number of fused-ring (bicyclic) bond motifs is 1. The van der Waals surface area contributed by atoms with Crippen molar-refractivity contribution in [1.29, 1.82) is 0 Å². The molecule has 2 aromatic carbocycles. The monoisotopic (exact) mass is 293 g/mol. The summed E-state index contributed by atoms with van der Waals surface area (Å²) in [4.78, 5) is 0. The van der Waals surface area contributed by atoms with Crippen molar-refractivity contribution in [2.45, 2.75) is 32.9 Å². The van der Waals surface area contributed by atoms with Crippen molar-refractivity contribution in [2.24, 2.45) is 0 Å². The van der Waals surface area contributed by atoms with Crippen molar-refractivity contribution in [3.8, 4) is 0 Å². The molecule has 3 rings (SSSR count). The Balaban J connectivity index is 2.22. The third kappa shape index (κ3) is 2.55. The van der Waals surface area contributed by atoms with E-state index in [0.717, 1.165) is 12.8 Å². The minimum Gasteiger partial charge on any atom is -0.357 e. The van der Waals surface area contributed by atoms with Crippen LogP contribution in [0.1, 0.15) is 36.4 Å². The second-order valence-corrected chi connectivity index (χ2v) is 5.76. The number of rotatable bonds is 5. The van der Waals surface area contributed by atoms with E-state index in [0.29, 0.717) is 0 Å². The summed E-state index contributed by atoms with van der Waals surface area (Å²) in [5.74, 6) is 0. The van der Waals surface area contributed by atoms with E-state index in [1.54, 1.807) is 7.11 Å². The van der Waals surface area contributed by atoms with Crippen LogP contribution in [0.4, 0.5) is 0 Å². The Morgan fingerprint density at radius 1 is 1.05 bits per heavy atom. The van der Waals surface area contributed by atoms with Gasteiger partial charge in [-0.3, -0.25) is 0 Å². The Morgan fingerprint density at radius 2 is 1.77 bits per heavy atom. The maximum Gasteiger partial charge on any atom is 0.160 e. The number of benzene rings is 2. The zero-order chi connectivity index (χ0) is 15.5. The molecule has 1 atom stereocenters. The lowest BCUT2D eigenvalue weighted by molar-refractivity contribution is 0.0795. The summed E-state index contributed by atoms with van der Waals surface area (Å²) in [6.07, 6.45) is 2.10. The predicted octanol–water partition coefficient (Wildman–Crippen LogP) is 5.10. The van der Waals surface area contributed by atoms with Gasteiger partial charge in [0.15, 0.2) is 6.23 Å². The van der Waals surface area contributed by atoms with Gasteiger partial charge >= 0.3 is 0 Å². The molecule has 1 unspecified atom stereocenters. The maximum atomic E-state index is 5.92. The highest BCUT2D eigenvalue weighted by Crippen LogP contribution is 2.30. The van der Waals surface area contributed by atoms with Crippen LogP contribution in [0.3, 0.4) is 0 Å². The first-order valence-electron chi connectivity index (χ1n) is 7.93. The number of ether oxygens (including phenoxy) is 1. The Bertz CT molecular complexity index is 772. The van der Waals surface area contributed by atoms with Crippen LogP contribution in [0.25, 0.3) is 10.9 Å². The minimum absolute atomic E-state index is 0.0809. The maximum absolute atomic E-state index is 5.92. The molecule has 0 fully saturated rings. The number of hydrogen-bond acceptors (Lipinski definition) is 1. The molecule has 0 N–H and O–H groups in total. The van der Waals surface area contributed by atoms with E-state index in [1.165, 1.54) is 27.7 Å². The molecule has 1 aromatic heterocycles. The molecule has 1 heterocycles. The largest absolute Gasteiger partial charge is 0.357 e. The van der Waals surface area contributed by atoms with Crippen molar-refractivity contribution in [3.63, 3.8) is 0 Å². The number of aryl methyl sites for hydroxylation is 2. The number of methoxy groups -OCH3 is 1. The zero-order valence-corrected chi connectivity index (χ0v) is 13.5. The van der Waals surface area contributed by atoms with Crippen LogP contribution in [0.15, 0.2) is 54.6 Å². The number of para-hydroxylation sites is 1. The van der Waals surface area contributed by atoms with Gasteiger partial charge in [0.05, 0.1) is 5.52 Å². The second kappa shape index (κ2) is 6.37. The molecule has 0 aliphatic rings. The average Bonchev–Trinajstić information content (AvgIpc) is 2.89. The summed E-state index contributed by atoms with van der Waals surface area (Å²) < 4.78 is 8.27. The van der Waals surface area contributed by atoms with Crippen LogP contribution in [-0.4, -0.2) is 11.7 Å². The fourth-order valence-corrected chi connectivity index (χ4v) is 3.19. The molecule has 0 saturated heterocycles. The topological polar surface area (TPSA) is 14.2 Å². The van der Waals surface area contributed by atoms with Gasteiger partial charge < -0.3 is 9.30 Å². The van der Waals surface area contributed by atoms with E-state index in [2.05, 4.69) is 73.0 Å². The summed E-state index contributed by atoms with van der Waals surface area (Å²) in [5.41, 5.74) is 5.05. The first-order valence-corrected chi connectivity index (χ1v) is 7.93. The Morgan fingerprint density at radius 3 is 2.50 bits per heavy atom. The van der Waals surface area contributed by atoms with E-state index in [9.17, 15) is 0 Å². The van der Waals surface area contributed by atoms with Crippen molar-refractivity contribution in [3.05, 3.63) is 71.4 Å².